The van der Waals surface area contributed by atoms with Gasteiger partial charge in [-0.25, -0.2) is 0 Å². The van der Waals surface area contributed by atoms with E-state index >= 15 is 0 Å². The molecule has 2 saturated heterocycles. The van der Waals surface area contributed by atoms with Crippen molar-refractivity contribution in [2.24, 2.45) is 0 Å². The molecule has 0 spiro atoms. The van der Waals surface area contributed by atoms with Crippen molar-refractivity contribution in [2.75, 3.05) is 0 Å². The lowest BCUT2D eigenvalue weighted by atomic mass is 9.78. The molecule has 3 rings (SSSR count). The summed E-state index contributed by atoms with van der Waals surface area (Å²) in [6.45, 7) is 2.01. The van der Waals surface area contributed by atoms with Crippen molar-refractivity contribution in [3.8, 4) is 6.07 Å². The van der Waals surface area contributed by atoms with Gasteiger partial charge in [-0.15, -0.1) is 0 Å². The van der Waals surface area contributed by atoms with Crippen molar-refractivity contribution in [1.29, 1.82) is 5.26 Å². The standard InChI is InChI=1S/C16H19NOS/c1-11-7-12(10-17)5-6-15(11)16(18)8-13-3-2-4-14(9-16)19-13/h5-7,13-14,18H,2-4,8-9H2,1H3. The largest absolute Gasteiger partial charge is 0.385 e. The lowest BCUT2D eigenvalue weighted by Crippen LogP contribution is -2.41. The van der Waals surface area contributed by atoms with Crippen LogP contribution < -0.4 is 0 Å². The molecule has 1 N–H and O–H groups in total. The van der Waals surface area contributed by atoms with Gasteiger partial charge in [0.25, 0.3) is 0 Å². The Morgan fingerprint density at radius 1 is 1.32 bits per heavy atom. The van der Waals surface area contributed by atoms with E-state index in [9.17, 15) is 5.11 Å². The average molecular weight is 273 g/mol. The Morgan fingerprint density at radius 2 is 2.00 bits per heavy atom. The zero-order valence-corrected chi connectivity index (χ0v) is 12.0. The van der Waals surface area contributed by atoms with E-state index in [-0.39, 0.29) is 0 Å². The van der Waals surface area contributed by atoms with Crippen LogP contribution in [-0.4, -0.2) is 15.6 Å². The van der Waals surface area contributed by atoms with E-state index in [4.69, 9.17) is 5.26 Å². The molecule has 2 unspecified atom stereocenters. The average Bonchev–Trinajstić information content (AvgIpc) is 2.37. The first kappa shape index (κ1) is 13.0. The maximum Gasteiger partial charge on any atom is 0.0991 e. The molecule has 0 amide bonds. The normalized spacial score (nSPS) is 33.7. The van der Waals surface area contributed by atoms with E-state index in [1.165, 1.54) is 19.3 Å². The van der Waals surface area contributed by atoms with Crippen LogP contribution in [0, 0.1) is 18.3 Å². The number of hydrogen-bond acceptors (Lipinski definition) is 3. The van der Waals surface area contributed by atoms with Gasteiger partial charge in [-0.2, -0.15) is 17.0 Å². The number of nitriles is 1. The van der Waals surface area contributed by atoms with Crippen LogP contribution in [0.1, 0.15) is 48.8 Å². The molecule has 0 saturated carbocycles. The summed E-state index contributed by atoms with van der Waals surface area (Å²) in [6.07, 6.45) is 5.50. The Kier molecular flexibility index (Phi) is 3.32. The first-order valence-corrected chi connectivity index (χ1v) is 7.94. The molecule has 2 aliphatic rings. The van der Waals surface area contributed by atoms with Crippen molar-refractivity contribution in [2.45, 2.75) is 55.1 Å². The number of aryl methyl sites for hydroxylation is 1. The third-order valence-corrected chi connectivity index (χ3v) is 6.00. The van der Waals surface area contributed by atoms with Crippen molar-refractivity contribution in [3.05, 3.63) is 34.9 Å². The highest BCUT2D eigenvalue weighted by molar-refractivity contribution is 8.00. The van der Waals surface area contributed by atoms with Gasteiger partial charge in [-0.1, -0.05) is 12.5 Å². The Bertz CT molecular complexity index is 522. The highest BCUT2D eigenvalue weighted by atomic mass is 32.2. The summed E-state index contributed by atoms with van der Waals surface area (Å²) in [7, 11) is 0. The number of thioether (sulfide) groups is 1. The van der Waals surface area contributed by atoms with Crippen LogP contribution in [-0.2, 0) is 5.60 Å². The van der Waals surface area contributed by atoms with Crippen molar-refractivity contribution < 1.29 is 5.11 Å². The minimum absolute atomic E-state index is 0.604. The predicted molar refractivity (Wildman–Crippen MR) is 78.0 cm³/mol. The number of rotatable bonds is 1. The van der Waals surface area contributed by atoms with Gasteiger partial charge in [0, 0.05) is 10.5 Å². The van der Waals surface area contributed by atoms with Gasteiger partial charge >= 0.3 is 0 Å². The number of fused-ring (bicyclic) bond motifs is 2. The molecule has 0 radical (unpaired) electrons. The second-order valence-corrected chi connectivity index (χ2v) is 7.50. The van der Waals surface area contributed by atoms with Crippen LogP contribution in [0.4, 0.5) is 0 Å². The summed E-state index contributed by atoms with van der Waals surface area (Å²) >= 11 is 2.07. The van der Waals surface area contributed by atoms with Crippen LogP contribution in [0.5, 0.6) is 0 Å². The van der Waals surface area contributed by atoms with E-state index in [1.54, 1.807) is 0 Å². The molecular weight excluding hydrogens is 254 g/mol. The van der Waals surface area contributed by atoms with Gasteiger partial charge < -0.3 is 5.11 Å². The quantitative estimate of drug-likeness (QED) is 0.851. The lowest BCUT2D eigenvalue weighted by Gasteiger charge is -2.44. The van der Waals surface area contributed by atoms with Crippen LogP contribution in [0.25, 0.3) is 0 Å². The minimum atomic E-state index is -0.681. The fourth-order valence-electron chi connectivity index (χ4n) is 3.59. The summed E-state index contributed by atoms with van der Waals surface area (Å²) in [5, 5.41) is 21.2. The van der Waals surface area contributed by atoms with Crippen LogP contribution in [0.3, 0.4) is 0 Å². The van der Waals surface area contributed by atoms with Gasteiger partial charge in [0.1, 0.15) is 0 Å². The number of nitrogens with zero attached hydrogens (tertiary/aromatic N) is 1. The van der Waals surface area contributed by atoms with Crippen molar-refractivity contribution >= 4 is 11.8 Å². The predicted octanol–water partition coefficient (Wildman–Crippen LogP) is 3.50. The van der Waals surface area contributed by atoms with Crippen LogP contribution >= 0.6 is 11.8 Å². The van der Waals surface area contributed by atoms with E-state index in [2.05, 4.69) is 17.8 Å². The maximum absolute atomic E-state index is 11.1. The third-order valence-electron chi connectivity index (χ3n) is 4.42. The zero-order valence-electron chi connectivity index (χ0n) is 11.2. The molecule has 0 aromatic heterocycles. The molecule has 2 heterocycles. The summed E-state index contributed by atoms with van der Waals surface area (Å²) in [5.41, 5.74) is 2.07. The fraction of sp³-hybridized carbons (Fsp3) is 0.562. The molecule has 3 heteroatoms. The number of hydrogen-bond donors (Lipinski definition) is 1. The lowest BCUT2D eigenvalue weighted by molar-refractivity contribution is 0.00757. The van der Waals surface area contributed by atoms with Gasteiger partial charge in [0.15, 0.2) is 0 Å². The molecule has 2 atom stereocenters. The molecule has 2 bridgehead atoms. The highest BCUT2D eigenvalue weighted by Gasteiger charge is 2.43. The van der Waals surface area contributed by atoms with E-state index in [0.29, 0.717) is 16.1 Å². The smallest absolute Gasteiger partial charge is 0.0991 e. The topological polar surface area (TPSA) is 44.0 Å². The highest BCUT2D eigenvalue weighted by Crippen LogP contribution is 2.49. The molecule has 1 aromatic carbocycles. The van der Waals surface area contributed by atoms with Gasteiger partial charge in [0.2, 0.25) is 0 Å². The summed E-state index contributed by atoms with van der Waals surface area (Å²) < 4.78 is 0. The van der Waals surface area contributed by atoms with E-state index in [1.807, 2.05) is 25.1 Å². The number of benzene rings is 1. The maximum atomic E-state index is 11.1. The molecule has 19 heavy (non-hydrogen) atoms. The van der Waals surface area contributed by atoms with E-state index < -0.39 is 5.60 Å². The molecule has 0 aliphatic carbocycles. The minimum Gasteiger partial charge on any atom is -0.385 e. The first-order chi connectivity index (χ1) is 9.10. The molecule has 2 nitrogen and oxygen atoms in total. The number of aliphatic hydroxyl groups is 1. The van der Waals surface area contributed by atoms with E-state index in [0.717, 1.165) is 24.0 Å². The SMILES string of the molecule is Cc1cc(C#N)ccc1C1(O)CC2CCCC(C1)S2. The Labute approximate surface area is 118 Å². The van der Waals surface area contributed by atoms with Crippen molar-refractivity contribution in [1.82, 2.24) is 0 Å². The first-order valence-electron chi connectivity index (χ1n) is 7.00. The summed E-state index contributed by atoms with van der Waals surface area (Å²) in [4.78, 5) is 0. The summed E-state index contributed by atoms with van der Waals surface area (Å²) in [5.74, 6) is 0. The molecule has 100 valence electrons. The molecular formula is C16H19NOS. The Morgan fingerprint density at radius 3 is 2.58 bits per heavy atom. The second-order valence-electron chi connectivity index (χ2n) is 5.89. The third kappa shape index (κ3) is 2.40. The van der Waals surface area contributed by atoms with Crippen LogP contribution in [0.15, 0.2) is 18.2 Å². The monoisotopic (exact) mass is 273 g/mol. The van der Waals surface area contributed by atoms with Crippen LogP contribution in [0.2, 0.25) is 0 Å². The Hall–Kier alpha value is -0.980. The zero-order chi connectivity index (χ0) is 13.5. The second kappa shape index (κ2) is 4.85. The molecule has 2 aliphatic heterocycles. The summed E-state index contributed by atoms with van der Waals surface area (Å²) in [6, 6.07) is 7.85. The van der Waals surface area contributed by atoms with Gasteiger partial charge in [-0.3, -0.25) is 0 Å². The Balaban J connectivity index is 1.94. The molecule has 2 fully saturated rings. The van der Waals surface area contributed by atoms with Gasteiger partial charge in [0.05, 0.1) is 17.2 Å². The molecule has 1 aromatic rings. The fourth-order valence-corrected chi connectivity index (χ4v) is 5.49. The van der Waals surface area contributed by atoms with Gasteiger partial charge in [-0.05, 0) is 55.9 Å². The van der Waals surface area contributed by atoms with Crippen molar-refractivity contribution in [3.63, 3.8) is 0 Å².